The van der Waals surface area contributed by atoms with Gasteiger partial charge in [0.05, 0.1) is 0 Å². The van der Waals surface area contributed by atoms with Crippen LogP contribution in [-0.4, -0.2) is 15.8 Å². The van der Waals surface area contributed by atoms with Crippen LogP contribution in [-0.2, 0) is 24.3 Å². The van der Waals surface area contributed by atoms with Gasteiger partial charge in [-0.3, -0.25) is 4.79 Å². The molecule has 0 rings (SSSR count). The van der Waals surface area contributed by atoms with Gasteiger partial charge in [0.1, 0.15) is 4.75 Å². The predicted molar refractivity (Wildman–Crippen MR) is 100.0 cm³/mol. The van der Waals surface area contributed by atoms with E-state index in [2.05, 4.69) is 26.5 Å². The van der Waals surface area contributed by atoms with E-state index in [9.17, 15) is 9.90 Å². The zero-order chi connectivity index (χ0) is 16.7. The largest absolute Gasteiger partial charge is 0.480 e. The predicted octanol–water partition coefficient (Wildman–Crippen LogP) is 6.63. The molecule has 23 heavy (non-hydrogen) atoms. The smallest absolute Gasteiger partial charge is 0.319 e. The van der Waals surface area contributed by atoms with Crippen molar-refractivity contribution < 1.29 is 29.4 Å². The molecule has 0 aromatic heterocycles. The fourth-order valence-electron chi connectivity index (χ4n) is 2.91. The minimum Gasteiger partial charge on any atom is -0.480 e. The number of hydrogen-bond donors (Lipinski definition) is 2. The van der Waals surface area contributed by atoms with Crippen molar-refractivity contribution in [3.63, 3.8) is 0 Å². The molecule has 0 aliphatic carbocycles. The molecular formula is C19H38O2SZn. The Morgan fingerprint density at radius 3 is 1.35 bits per heavy atom. The third-order valence-corrected chi connectivity index (χ3v) is 5.17. The molecule has 134 valence electrons. The average molecular weight is 396 g/mol. The van der Waals surface area contributed by atoms with E-state index in [4.69, 9.17) is 0 Å². The molecule has 0 fully saturated rings. The summed E-state index contributed by atoms with van der Waals surface area (Å²) in [7, 11) is 0. The van der Waals surface area contributed by atoms with Crippen LogP contribution in [0.2, 0.25) is 0 Å². The van der Waals surface area contributed by atoms with Crippen LogP contribution in [0.4, 0.5) is 0 Å². The van der Waals surface area contributed by atoms with Crippen molar-refractivity contribution in [2.45, 2.75) is 115 Å². The van der Waals surface area contributed by atoms with Gasteiger partial charge >= 0.3 is 5.97 Å². The standard InChI is InChI=1S/C19H38O2S.Zn/c1-3-5-7-9-11-13-15-17-19(22,18(20)21)16-14-12-10-8-6-4-2;/h22H,3-17H2,1-2H3,(H,20,21);. The summed E-state index contributed by atoms with van der Waals surface area (Å²) in [4.78, 5) is 11.5. The molecule has 1 N–H and O–H groups in total. The first-order valence-electron chi connectivity index (χ1n) is 9.52. The van der Waals surface area contributed by atoms with E-state index < -0.39 is 10.7 Å². The summed E-state index contributed by atoms with van der Waals surface area (Å²) in [5.41, 5.74) is 0. The maximum Gasteiger partial charge on any atom is 0.319 e. The fraction of sp³-hybridized carbons (Fsp3) is 0.947. The molecule has 0 aliphatic heterocycles. The minimum absolute atomic E-state index is 0. The monoisotopic (exact) mass is 394 g/mol. The summed E-state index contributed by atoms with van der Waals surface area (Å²) < 4.78 is -0.797. The number of carbonyl (C=O) groups is 1. The van der Waals surface area contributed by atoms with Crippen LogP contribution in [0, 0.1) is 0 Å². The quantitative estimate of drug-likeness (QED) is 0.175. The zero-order valence-electron chi connectivity index (χ0n) is 15.6. The van der Waals surface area contributed by atoms with Crippen molar-refractivity contribution in [3.05, 3.63) is 0 Å². The van der Waals surface area contributed by atoms with E-state index in [0.717, 1.165) is 25.7 Å². The van der Waals surface area contributed by atoms with Crippen molar-refractivity contribution >= 4 is 18.6 Å². The first-order chi connectivity index (χ1) is 10.6. The van der Waals surface area contributed by atoms with Crippen LogP contribution in [0.15, 0.2) is 0 Å². The van der Waals surface area contributed by atoms with Crippen molar-refractivity contribution in [2.24, 2.45) is 0 Å². The van der Waals surface area contributed by atoms with Crippen molar-refractivity contribution in [2.75, 3.05) is 0 Å². The second-order valence-corrected chi connectivity index (χ2v) is 7.58. The third kappa shape index (κ3) is 14.5. The maximum absolute atomic E-state index is 11.5. The van der Waals surface area contributed by atoms with Gasteiger partial charge in [-0.2, -0.15) is 12.6 Å². The van der Waals surface area contributed by atoms with Gasteiger partial charge < -0.3 is 5.11 Å². The molecule has 0 heterocycles. The summed E-state index contributed by atoms with van der Waals surface area (Å²) >= 11 is 4.52. The SMILES string of the molecule is CCCCCCCCCC(S)(CCCCCCCC)C(=O)O.[Zn]. The first kappa shape index (κ1) is 25.7. The van der Waals surface area contributed by atoms with Gasteiger partial charge in [-0.25, -0.2) is 0 Å². The number of rotatable bonds is 16. The molecular weight excluding hydrogens is 358 g/mol. The molecule has 4 heteroatoms. The Morgan fingerprint density at radius 1 is 0.739 bits per heavy atom. The molecule has 0 aliphatic rings. The Labute approximate surface area is 162 Å². The Kier molecular flexibility index (Phi) is 19.3. The van der Waals surface area contributed by atoms with Gasteiger partial charge in [0.15, 0.2) is 0 Å². The fourth-order valence-corrected chi connectivity index (χ4v) is 3.23. The van der Waals surface area contributed by atoms with E-state index in [1.54, 1.807) is 0 Å². The van der Waals surface area contributed by atoms with Crippen molar-refractivity contribution in [1.82, 2.24) is 0 Å². The first-order valence-corrected chi connectivity index (χ1v) is 9.97. The summed E-state index contributed by atoms with van der Waals surface area (Å²) in [6.07, 6.45) is 17.2. The zero-order valence-corrected chi connectivity index (χ0v) is 19.5. The van der Waals surface area contributed by atoms with Gasteiger partial charge in [-0.1, -0.05) is 97.3 Å². The maximum atomic E-state index is 11.5. The van der Waals surface area contributed by atoms with E-state index in [-0.39, 0.29) is 19.5 Å². The van der Waals surface area contributed by atoms with Crippen LogP contribution >= 0.6 is 12.6 Å². The molecule has 0 amide bonds. The molecule has 1 unspecified atom stereocenters. The Balaban J connectivity index is 0. The normalized spacial score (nSPS) is 13.3. The number of aliphatic carboxylic acids is 1. The Bertz CT molecular complexity index is 274. The number of thiol groups is 1. The van der Waals surface area contributed by atoms with Crippen LogP contribution in [0.25, 0.3) is 0 Å². The van der Waals surface area contributed by atoms with Gasteiger partial charge in [-0.05, 0) is 12.8 Å². The topological polar surface area (TPSA) is 37.3 Å². The summed E-state index contributed by atoms with van der Waals surface area (Å²) in [5.74, 6) is -0.727. The summed E-state index contributed by atoms with van der Waals surface area (Å²) in [6.45, 7) is 4.44. The molecule has 0 aromatic carbocycles. The minimum atomic E-state index is -0.797. The van der Waals surface area contributed by atoms with Crippen LogP contribution in [0.5, 0.6) is 0 Å². The molecule has 2 nitrogen and oxygen atoms in total. The Hall–Kier alpha value is 0.443. The molecule has 0 aromatic rings. The van der Waals surface area contributed by atoms with Crippen molar-refractivity contribution in [1.29, 1.82) is 0 Å². The number of hydrogen-bond acceptors (Lipinski definition) is 2. The number of unbranched alkanes of at least 4 members (excludes halogenated alkanes) is 11. The van der Waals surface area contributed by atoms with Crippen LogP contribution < -0.4 is 0 Å². The number of carboxylic acid groups (broad SMARTS) is 1. The van der Waals surface area contributed by atoms with E-state index in [1.807, 2.05) is 0 Å². The second kappa shape index (κ2) is 17.3. The van der Waals surface area contributed by atoms with E-state index in [1.165, 1.54) is 57.8 Å². The molecule has 0 bridgehead atoms. The number of carboxylic acids is 1. The molecule has 1 atom stereocenters. The van der Waals surface area contributed by atoms with Gasteiger partial charge in [0.2, 0.25) is 0 Å². The van der Waals surface area contributed by atoms with Crippen molar-refractivity contribution in [3.8, 4) is 0 Å². The molecule has 0 saturated carbocycles. The summed E-state index contributed by atoms with van der Waals surface area (Å²) in [5, 5.41) is 9.47. The molecule has 0 radical (unpaired) electrons. The van der Waals surface area contributed by atoms with Gasteiger partial charge in [-0.15, -0.1) is 0 Å². The van der Waals surface area contributed by atoms with Crippen LogP contribution in [0.1, 0.15) is 110 Å². The van der Waals surface area contributed by atoms with Gasteiger partial charge in [0, 0.05) is 19.5 Å². The third-order valence-electron chi connectivity index (χ3n) is 4.54. The van der Waals surface area contributed by atoms with Gasteiger partial charge in [0.25, 0.3) is 0 Å². The van der Waals surface area contributed by atoms with E-state index >= 15 is 0 Å². The Morgan fingerprint density at radius 2 is 1.04 bits per heavy atom. The second-order valence-electron chi connectivity index (χ2n) is 6.73. The average Bonchev–Trinajstić information content (AvgIpc) is 2.49. The molecule has 0 spiro atoms. The summed E-state index contributed by atoms with van der Waals surface area (Å²) in [6, 6.07) is 0. The van der Waals surface area contributed by atoms with Crippen LogP contribution in [0.3, 0.4) is 0 Å². The molecule has 0 saturated heterocycles. The van der Waals surface area contributed by atoms with E-state index in [0.29, 0.717) is 12.8 Å².